The van der Waals surface area contributed by atoms with Crippen molar-refractivity contribution in [1.82, 2.24) is 5.32 Å². The van der Waals surface area contributed by atoms with Gasteiger partial charge in [-0.1, -0.05) is 78.9 Å². The molecule has 0 bridgehead atoms. The van der Waals surface area contributed by atoms with Crippen LogP contribution in [0.4, 0.5) is 10.5 Å². The highest BCUT2D eigenvalue weighted by atomic mass is 16.5. The first-order valence-electron chi connectivity index (χ1n) is 13.7. The van der Waals surface area contributed by atoms with Crippen LogP contribution in [0.15, 0.2) is 103 Å². The van der Waals surface area contributed by atoms with Crippen molar-refractivity contribution in [2.75, 3.05) is 18.6 Å². The van der Waals surface area contributed by atoms with Crippen molar-refractivity contribution in [3.63, 3.8) is 0 Å². The lowest BCUT2D eigenvalue weighted by molar-refractivity contribution is -0.124. The molecule has 2 amide bonds. The number of nitrogens with one attached hydrogen (secondary N) is 1. The molecule has 0 aromatic heterocycles. The molecule has 4 aromatic carbocycles. The number of likely N-dealkylation sites (N-methyl/N-ethyl adjacent to an activating group) is 1. The molecule has 0 heterocycles. The Kier molecular flexibility index (Phi) is 8.64. The van der Waals surface area contributed by atoms with E-state index in [1.807, 2.05) is 66.7 Å². The molecule has 0 spiro atoms. The zero-order chi connectivity index (χ0) is 29.6. The van der Waals surface area contributed by atoms with Crippen LogP contribution in [0.25, 0.3) is 11.1 Å². The average Bonchev–Trinajstić information content (AvgIpc) is 3.35. The van der Waals surface area contributed by atoms with E-state index < -0.39 is 30.1 Å². The van der Waals surface area contributed by atoms with Gasteiger partial charge in [0, 0.05) is 18.7 Å². The fourth-order valence-corrected chi connectivity index (χ4v) is 5.21. The zero-order valence-electron chi connectivity index (χ0n) is 23.4. The van der Waals surface area contributed by atoms with E-state index in [4.69, 9.17) is 9.47 Å². The molecule has 0 fully saturated rings. The number of ether oxygens (including phenoxy) is 2. The summed E-state index contributed by atoms with van der Waals surface area (Å²) in [6, 6.07) is 30.5. The number of carboxylic acids is 1. The molecule has 0 saturated heterocycles. The van der Waals surface area contributed by atoms with E-state index in [2.05, 4.69) is 17.4 Å². The highest BCUT2D eigenvalue weighted by molar-refractivity contribution is 5.99. The van der Waals surface area contributed by atoms with Gasteiger partial charge in [-0.05, 0) is 59.0 Å². The van der Waals surface area contributed by atoms with Crippen LogP contribution in [-0.4, -0.2) is 48.9 Å². The van der Waals surface area contributed by atoms with Crippen molar-refractivity contribution in [3.8, 4) is 11.1 Å². The number of rotatable bonds is 10. The normalized spacial score (nSPS) is 13.4. The van der Waals surface area contributed by atoms with Gasteiger partial charge in [0.05, 0.1) is 18.3 Å². The summed E-state index contributed by atoms with van der Waals surface area (Å²) in [5.41, 5.74) is 5.91. The molecule has 0 aliphatic heterocycles. The summed E-state index contributed by atoms with van der Waals surface area (Å²) in [5.74, 6) is -1.63. The second-order valence-corrected chi connectivity index (χ2v) is 10.2. The summed E-state index contributed by atoms with van der Waals surface area (Å²) in [5, 5.41) is 11.9. The molecule has 42 heavy (non-hydrogen) atoms. The number of aromatic carboxylic acids is 1. The molecular formula is C34H32N2O6. The second kappa shape index (κ2) is 12.7. The number of carboxylic acid groups (broad SMARTS) is 1. The number of benzene rings is 4. The molecule has 5 rings (SSSR count). The van der Waals surface area contributed by atoms with Crippen LogP contribution < -0.4 is 10.2 Å². The maximum Gasteiger partial charge on any atom is 0.407 e. The highest BCUT2D eigenvalue weighted by Gasteiger charge is 2.33. The van der Waals surface area contributed by atoms with Gasteiger partial charge in [-0.2, -0.15) is 0 Å². The lowest BCUT2D eigenvalue weighted by atomic mass is 9.98. The molecule has 1 aliphatic carbocycles. The molecule has 0 unspecified atom stereocenters. The maximum absolute atomic E-state index is 13.7. The van der Waals surface area contributed by atoms with Crippen LogP contribution in [0, 0.1) is 0 Å². The number of fused-ring (bicyclic) bond motifs is 3. The van der Waals surface area contributed by atoms with Crippen molar-refractivity contribution in [2.45, 2.75) is 31.6 Å². The molecular weight excluding hydrogens is 532 g/mol. The summed E-state index contributed by atoms with van der Waals surface area (Å²) >= 11 is 0. The molecule has 2 atom stereocenters. The van der Waals surface area contributed by atoms with Gasteiger partial charge in [0.1, 0.15) is 12.6 Å². The summed E-state index contributed by atoms with van der Waals surface area (Å²) in [6.45, 7) is 2.07. The van der Waals surface area contributed by atoms with Crippen LogP contribution in [0.3, 0.4) is 0 Å². The van der Waals surface area contributed by atoms with Gasteiger partial charge in [-0.25, -0.2) is 9.59 Å². The molecule has 4 aromatic rings. The summed E-state index contributed by atoms with van der Waals surface area (Å²) in [7, 11) is 1.56. The van der Waals surface area contributed by atoms with Crippen LogP contribution in [-0.2, 0) is 20.9 Å². The first-order valence-corrected chi connectivity index (χ1v) is 13.7. The fraction of sp³-hybridized carbons (Fsp3) is 0.206. The summed E-state index contributed by atoms with van der Waals surface area (Å²) in [6.07, 6.45) is -1.45. The molecule has 1 aliphatic rings. The monoisotopic (exact) mass is 564 g/mol. The van der Waals surface area contributed by atoms with E-state index in [1.54, 1.807) is 26.1 Å². The number of hydrogen-bond donors (Lipinski definition) is 2. The van der Waals surface area contributed by atoms with Crippen LogP contribution >= 0.6 is 0 Å². The van der Waals surface area contributed by atoms with Gasteiger partial charge in [-0.15, -0.1) is 0 Å². The molecule has 8 nitrogen and oxygen atoms in total. The van der Waals surface area contributed by atoms with Crippen LogP contribution in [0.5, 0.6) is 0 Å². The summed E-state index contributed by atoms with van der Waals surface area (Å²) < 4.78 is 11.7. The lowest BCUT2D eigenvalue weighted by Gasteiger charge is -2.29. The van der Waals surface area contributed by atoms with E-state index in [0.29, 0.717) is 5.69 Å². The number of carbonyl (C=O) groups excluding carboxylic acids is 2. The summed E-state index contributed by atoms with van der Waals surface area (Å²) in [4.78, 5) is 39.5. The van der Waals surface area contributed by atoms with Crippen molar-refractivity contribution in [3.05, 3.63) is 125 Å². The predicted molar refractivity (Wildman–Crippen MR) is 159 cm³/mol. The minimum atomic E-state index is -1.08. The third-order valence-corrected chi connectivity index (χ3v) is 7.54. The predicted octanol–water partition coefficient (Wildman–Crippen LogP) is 5.86. The minimum Gasteiger partial charge on any atom is -0.478 e. The first-order chi connectivity index (χ1) is 20.3. The van der Waals surface area contributed by atoms with E-state index in [9.17, 15) is 19.5 Å². The molecule has 8 heteroatoms. The number of nitrogens with zero attached hydrogens (tertiary/aromatic N) is 1. The third-order valence-electron chi connectivity index (χ3n) is 7.54. The Hall–Kier alpha value is -4.95. The van der Waals surface area contributed by atoms with E-state index in [1.165, 1.54) is 17.0 Å². The molecule has 2 N–H and O–H groups in total. The molecule has 0 radical (unpaired) electrons. The van der Waals surface area contributed by atoms with Crippen molar-refractivity contribution in [1.29, 1.82) is 0 Å². The van der Waals surface area contributed by atoms with Gasteiger partial charge < -0.3 is 24.8 Å². The van der Waals surface area contributed by atoms with Gasteiger partial charge >= 0.3 is 12.1 Å². The Morgan fingerprint density at radius 3 is 2.00 bits per heavy atom. The van der Waals surface area contributed by atoms with Gasteiger partial charge in [0.15, 0.2) is 0 Å². The maximum atomic E-state index is 13.7. The second-order valence-electron chi connectivity index (χ2n) is 10.2. The minimum absolute atomic E-state index is 0.104. The van der Waals surface area contributed by atoms with Crippen LogP contribution in [0.2, 0.25) is 0 Å². The Morgan fingerprint density at radius 2 is 1.40 bits per heavy atom. The Bertz CT molecular complexity index is 1530. The molecule has 0 saturated carbocycles. The van der Waals surface area contributed by atoms with E-state index in [-0.39, 0.29) is 24.7 Å². The van der Waals surface area contributed by atoms with Crippen molar-refractivity contribution < 1.29 is 29.0 Å². The number of alkyl carbamates (subject to hydrolysis) is 1. The van der Waals surface area contributed by atoms with Gasteiger partial charge in [0.25, 0.3) is 5.91 Å². The Morgan fingerprint density at radius 1 is 0.833 bits per heavy atom. The molecule has 214 valence electrons. The van der Waals surface area contributed by atoms with Crippen molar-refractivity contribution >= 4 is 23.7 Å². The number of amides is 2. The topological polar surface area (TPSA) is 105 Å². The highest BCUT2D eigenvalue weighted by Crippen LogP contribution is 2.44. The van der Waals surface area contributed by atoms with Gasteiger partial charge in [0.2, 0.25) is 0 Å². The first kappa shape index (κ1) is 28.6. The standard InChI is InChI=1S/C34H32N2O6/c1-22(41-20-23-10-4-3-5-11-23)31(32(37)36(2)25-18-16-24(17-19-25)33(38)39)35-34(40)42-21-30-28-14-8-6-12-26(28)27-13-7-9-15-29(27)30/h3-19,22,30-31H,20-21H2,1-2H3,(H,35,40)(H,38,39)/t22-,31+/m0/s1. The Balaban J connectivity index is 1.31. The largest absolute Gasteiger partial charge is 0.478 e. The number of anilines is 1. The van der Waals surface area contributed by atoms with E-state index >= 15 is 0 Å². The third kappa shape index (κ3) is 6.19. The van der Waals surface area contributed by atoms with Gasteiger partial charge in [-0.3, -0.25) is 4.79 Å². The zero-order valence-corrected chi connectivity index (χ0v) is 23.4. The Labute approximate surface area is 244 Å². The average molecular weight is 565 g/mol. The number of carbonyl (C=O) groups is 3. The SMILES string of the molecule is C[C@H](OCc1ccccc1)[C@@H](NC(=O)OCC1c2ccccc2-c2ccccc21)C(=O)N(C)c1ccc(C(=O)O)cc1. The smallest absolute Gasteiger partial charge is 0.407 e. The van der Waals surface area contributed by atoms with E-state index in [0.717, 1.165) is 27.8 Å². The fourth-order valence-electron chi connectivity index (χ4n) is 5.21. The van der Waals surface area contributed by atoms with Crippen molar-refractivity contribution in [2.24, 2.45) is 0 Å². The number of hydrogen-bond acceptors (Lipinski definition) is 5. The van der Waals surface area contributed by atoms with Crippen LogP contribution in [0.1, 0.15) is 39.9 Å². The quantitative estimate of drug-likeness (QED) is 0.250. The lowest BCUT2D eigenvalue weighted by Crippen LogP contribution is -2.54.